The molecule has 1 aliphatic rings. The van der Waals surface area contributed by atoms with Crippen molar-refractivity contribution in [1.29, 1.82) is 5.26 Å². The van der Waals surface area contributed by atoms with E-state index in [1.807, 2.05) is 32.0 Å². The highest BCUT2D eigenvalue weighted by molar-refractivity contribution is 9.10. The Morgan fingerprint density at radius 2 is 1.95 bits per heavy atom. The highest BCUT2D eigenvalue weighted by Crippen LogP contribution is 2.25. The van der Waals surface area contributed by atoms with Crippen LogP contribution in [0.3, 0.4) is 0 Å². The highest BCUT2D eigenvalue weighted by Gasteiger charge is 2.23. The van der Waals surface area contributed by atoms with Crippen LogP contribution in [0.5, 0.6) is 0 Å². The molecule has 0 amide bonds. The lowest BCUT2D eigenvalue weighted by Crippen LogP contribution is -2.50. The van der Waals surface area contributed by atoms with E-state index in [-0.39, 0.29) is 0 Å². The predicted octanol–water partition coefficient (Wildman–Crippen LogP) is 2.21. The summed E-state index contributed by atoms with van der Waals surface area (Å²) in [5.74, 6) is 0. The van der Waals surface area contributed by atoms with Crippen molar-refractivity contribution in [2.75, 3.05) is 37.6 Å². The van der Waals surface area contributed by atoms with Crippen molar-refractivity contribution in [3.63, 3.8) is 0 Å². The second kappa shape index (κ2) is 6.13. The van der Waals surface area contributed by atoms with E-state index in [1.54, 1.807) is 0 Å². The van der Waals surface area contributed by atoms with Gasteiger partial charge in [0.2, 0.25) is 0 Å². The lowest BCUT2D eigenvalue weighted by molar-refractivity contribution is 0.0345. The number of nitriles is 1. The largest absolute Gasteiger partial charge is 0.389 e. The first-order valence-electron chi connectivity index (χ1n) is 6.78. The molecule has 1 heterocycles. The van der Waals surface area contributed by atoms with E-state index in [2.05, 4.69) is 31.8 Å². The maximum absolute atomic E-state index is 9.86. The Morgan fingerprint density at radius 1 is 1.30 bits per heavy atom. The molecule has 5 heteroatoms. The summed E-state index contributed by atoms with van der Waals surface area (Å²) in [4.78, 5) is 4.51. The van der Waals surface area contributed by atoms with Gasteiger partial charge < -0.3 is 10.0 Å². The molecule has 1 aromatic carbocycles. The fourth-order valence-electron chi connectivity index (χ4n) is 2.57. The summed E-state index contributed by atoms with van der Waals surface area (Å²) in [7, 11) is 0. The molecule has 2 rings (SSSR count). The fourth-order valence-corrected chi connectivity index (χ4v) is 2.93. The zero-order chi connectivity index (χ0) is 14.8. The molecule has 20 heavy (non-hydrogen) atoms. The number of rotatable bonds is 3. The molecular weight excluding hydrogens is 318 g/mol. The maximum Gasteiger partial charge on any atom is 0.101 e. The van der Waals surface area contributed by atoms with Crippen LogP contribution in [0.2, 0.25) is 0 Å². The van der Waals surface area contributed by atoms with Crippen molar-refractivity contribution in [2.24, 2.45) is 0 Å². The van der Waals surface area contributed by atoms with Gasteiger partial charge in [-0.1, -0.05) is 15.9 Å². The fraction of sp³-hybridized carbons (Fsp3) is 0.533. The molecule has 108 valence electrons. The summed E-state index contributed by atoms with van der Waals surface area (Å²) >= 11 is 3.40. The molecule has 0 saturated carbocycles. The molecule has 0 unspecified atom stereocenters. The number of benzene rings is 1. The first-order chi connectivity index (χ1) is 9.39. The van der Waals surface area contributed by atoms with E-state index in [0.717, 1.165) is 36.3 Å². The molecule has 0 radical (unpaired) electrons. The van der Waals surface area contributed by atoms with E-state index in [1.165, 1.54) is 0 Å². The Bertz CT molecular complexity index is 511. The third-order valence-corrected chi connectivity index (χ3v) is 3.90. The molecule has 1 saturated heterocycles. The lowest BCUT2D eigenvalue weighted by Gasteiger charge is -2.38. The van der Waals surface area contributed by atoms with E-state index >= 15 is 0 Å². The second-order valence-electron chi connectivity index (χ2n) is 5.85. The van der Waals surface area contributed by atoms with Crippen LogP contribution in [0.1, 0.15) is 19.4 Å². The quantitative estimate of drug-likeness (QED) is 0.918. The Morgan fingerprint density at radius 3 is 2.50 bits per heavy atom. The average molecular weight is 338 g/mol. The number of hydrogen-bond acceptors (Lipinski definition) is 4. The Labute approximate surface area is 128 Å². The van der Waals surface area contributed by atoms with Gasteiger partial charge >= 0.3 is 0 Å². The third-order valence-electron chi connectivity index (χ3n) is 3.40. The van der Waals surface area contributed by atoms with Crippen LogP contribution in [-0.4, -0.2) is 48.3 Å². The monoisotopic (exact) mass is 337 g/mol. The number of β-amino-alcohol motifs (C(OH)–C–C–N with tert-alkyl or cyclic N) is 1. The van der Waals surface area contributed by atoms with Gasteiger partial charge in [-0.05, 0) is 32.0 Å². The van der Waals surface area contributed by atoms with E-state index in [4.69, 9.17) is 0 Å². The Kier molecular flexibility index (Phi) is 4.69. The van der Waals surface area contributed by atoms with Crippen LogP contribution < -0.4 is 4.90 Å². The molecule has 0 bridgehead atoms. The SMILES string of the molecule is CC(C)(O)CN1CCN(c2ccc(Br)cc2C#N)CC1. The molecule has 1 fully saturated rings. The maximum atomic E-state index is 9.86. The smallest absolute Gasteiger partial charge is 0.101 e. The van der Waals surface area contributed by atoms with E-state index in [9.17, 15) is 10.4 Å². The first-order valence-corrected chi connectivity index (χ1v) is 7.58. The molecular formula is C15H20BrN3O. The summed E-state index contributed by atoms with van der Waals surface area (Å²) in [6, 6.07) is 8.08. The molecule has 0 aromatic heterocycles. The van der Waals surface area contributed by atoms with Crippen molar-refractivity contribution < 1.29 is 5.11 Å². The number of anilines is 1. The molecule has 0 atom stereocenters. The van der Waals surface area contributed by atoms with Crippen LogP contribution in [0.4, 0.5) is 5.69 Å². The molecule has 1 aliphatic heterocycles. The van der Waals surface area contributed by atoms with Gasteiger partial charge in [-0.2, -0.15) is 5.26 Å². The van der Waals surface area contributed by atoms with Gasteiger partial charge in [0.25, 0.3) is 0 Å². The number of piperazine rings is 1. The van der Waals surface area contributed by atoms with E-state index in [0.29, 0.717) is 12.1 Å². The van der Waals surface area contributed by atoms with Crippen molar-refractivity contribution in [2.45, 2.75) is 19.4 Å². The summed E-state index contributed by atoms with van der Waals surface area (Å²) < 4.78 is 0.929. The van der Waals surface area contributed by atoms with Gasteiger partial charge in [-0.25, -0.2) is 0 Å². The van der Waals surface area contributed by atoms with Gasteiger partial charge in [-0.3, -0.25) is 4.90 Å². The molecule has 1 aromatic rings. The number of aliphatic hydroxyl groups is 1. The molecule has 1 N–H and O–H groups in total. The number of hydrogen-bond donors (Lipinski definition) is 1. The molecule has 0 aliphatic carbocycles. The standard InChI is InChI=1S/C15H20BrN3O/c1-15(2,20)11-18-5-7-19(8-6-18)14-4-3-13(16)9-12(14)10-17/h3-4,9,20H,5-8,11H2,1-2H3. The third kappa shape index (κ3) is 3.95. The van der Waals surface area contributed by atoms with Crippen LogP contribution in [0, 0.1) is 11.3 Å². The summed E-state index contributed by atoms with van der Waals surface area (Å²) in [6.07, 6.45) is 0. The summed E-state index contributed by atoms with van der Waals surface area (Å²) in [5, 5.41) is 19.1. The minimum Gasteiger partial charge on any atom is -0.389 e. The van der Waals surface area contributed by atoms with Gasteiger partial charge in [0.15, 0.2) is 0 Å². The molecule has 4 nitrogen and oxygen atoms in total. The summed E-state index contributed by atoms with van der Waals surface area (Å²) in [5.41, 5.74) is 1.05. The van der Waals surface area contributed by atoms with Gasteiger partial charge in [-0.15, -0.1) is 0 Å². The van der Waals surface area contributed by atoms with Crippen LogP contribution in [0.15, 0.2) is 22.7 Å². The predicted molar refractivity (Wildman–Crippen MR) is 83.8 cm³/mol. The van der Waals surface area contributed by atoms with Gasteiger partial charge in [0, 0.05) is 37.2 Å². The second-order valence-corrected chi connectivity index (χ2v) is 6.76. The minimum absolute atomic E-state index is 0.655. The van der Waals surface area contributed by atoms with Gasteiger partial charge in [0.1, 0.15) is 6.07 Å². The van der Waals surface area contributed by atoms with Crippen molar-refractivity contribution in [3.8, 4) is 6.07 Å². The van der Waals surface area contributed by atoms with Gasteiger partial charge in [0.05, 0.1) is 16.9 Å². The first kappa shape index (κ1) is 15.3. The van der Waals surface area contributed by atoms with E-state index < -0.39 is 5.60 Å². The minimum atomic E-state index is -0.655. The van der Waals surface area contributed by atoms with Crippen LogP contribution >= 0.6 is 15.9 Å². The van der Waals surface area contributed by atoms with Crippen molar-refractivity contribution in [3.05, 3.63) is 28.2 Å². The topological polar surface area (TPSA) is 50.5 Å². The summed E-state index contributed by atoms with van der Waals surface area (Å²) in [6.45, 7) is 7.94. The average Bonchev–Trinajstić information content (AvgIpc) is 2.38. The zero-order valence-electron chi connectivity index (χ0n) is 11.9. The zero-order valence-corrected chi connectivity index (χ0v) is 13.5. The normalized spacial score (nSPS) is 17.1. The van der Waals surface area contributed by atoms with Crippen molar-refractivity contribution >= 4 is 21.6 Å². The van der Waals surface area contributed by atoms with Crippen LogP contribution in [0.25, 0.3) is 0 Å². The Hall–Kier alpha value is -1.09. The molecule has 0 spiro atoms. The lowest BCUT2D eigenvalue weighted by atomic mass is 10.1. The van der Waals surface area contributed by atoms with Crippen LogP contribution in [-0.2, 0) is 0 Å². The van der Waals surface area contributed by atoms with Crippen molar-refractivity contribution in [1.82, 2.24) is 4.90 Å². The Balaban J connectivity index is 2.03. The number of nitrogens with zero attached hydrogens (tertiary/aromatic N) is 3. The number of halogens is 1. The highest BCUT2D eigenvalue weighted by atomic mass is 79.9.